The molecule has 1 N–H and O–H groups in total. The van der Waals surface area contributed by atoms with Crippen molar-refractivity contribution >= 4 is 0 Å². The van der Waals surface area contributed by atoms with E-state index in [1.165, 1.54) is 24.1 Å². The molecule has 1 fully saturated rings. The highest BCUT2D eigenvalue weighted by Gasteiger charge is 2.30. The number of rotatable bonds is 5. The first-order chi connectivity index (χ1) is 9.29. The van der Waals surface area contributed by atoms with Crippen molar-refractivity contribution in [1.82, 2.24) is 9.55 Å². The van der Waals surface area contributed by atoms with Crippen LogP contribution >= 0.6 is 0 Å². The maximum Gasteiger partial charge on any atom is 0.0957 e. The van der Waals surface area contributed by atoms with E-state index in [4.69, 9.17) is 0 Å². The average Bonchev–Trinajstić information content (AvgIpc) is 3.21. The van der Waals surface area contributed by atoms with Crippen molar-refractivity contribution in [3.05, 3.63) is 42.4 Å². The van der Waals surface area contributed by atoms with Gasteiger partial charge in [0.1, 0.15) is 0 Å². The lowest BCUT2D eigenvalue weighted by atomic mass is 10.1. The number of aliphatic hydroxyl groups is 1. The lowest BCUT2D eigenvalue weighted by Crippen LogP contribution is -2.15. The molecule has 2 aromatic rings. The maximum atomic E-state index is 9.87. The third-order valence-corrected chi connectivity index (χ3v) is 3.77. The van der Waals surface area contributed by atoms with Gasteiger partial charge in [0, 0.05) is 23.7 Å². The van der Waals surface area contributed by atoms with Crippen molar-refractivity contribution in [3.63, 3.8) is 0 Å². The highest BCUT2D eigenvalue weighted by Crippen LogP contribution is 2.44. The Labute approximate surface area is 113 Å². The third kappa shape index (κ3) is 2.56. The van der Waals surface area contributed by atoms with E-state index in [-0.39, 0.29) is 6.10 Å². The van der Waals surface area contributed by atoms with Gasteiger partial charge in [0.25, 0.3) is 0 Å². The van der Waals surface area contributed by atoms with Crippen LogP contribution in [0.15, 0.2) is 36.7 Å². The molecule has 3 nitrogen and oxygen atoms in total. The Balaban J connectivity index is 1.97. The quantitative estimate of drug-likeness (QED) is 0.892. The first-order valence-corrected chi connectivity index (χ1v) is 7.08. The molecule has 3 rings (SSSR count). The van der Waals surface area contributed by atoms with Crippen LogP contribution in [0.3, 0.4) is 0 Å². The van der Waals surface area contributed by atoms with E-state index in [2.05, 4.69) is 21.7 Å². The van der Waals surface area contributed by atoms with Gasteiger partial charge in [-0.25, -0.2) is 4.98 Å². The van der Waals surface area contributed by atoms with Crippen molar-refractivity contribution in [2.45, 2.75) is 44.8 Å². The summed E-state index contributed by atoms with van der Waals surface area (Å²) in [5.74, 6) is 0.627. The Morgan fingerprint density at radius 2 is 2.05 bits per heavy atom. The predicted molar refractivity (Wildman–Crippen MR) is 75.9 cm³/mol. The summed E-state index contributed by atoms with van der Waals surface area (Å²) in [6, 6.07) is 10.3. The molecule has 0 spiro atoms. The number of nitrogens with zero attached hydrogens (tertiary/aromatic N) is 2. The number of imidazole rings is 1. The highest BCUT2D eigenvalue weighted by atomic mass is 16.3. The van der Waals surface area contributed by atoms with Crippen LogP contribution in [0.5, 0.6) is 0 Å². The second-order valence-electron chi connectivity index (χ2n) is 5.33. The molecule has 1 aromatic heterocycles. The summed E-state index contributed by atoms with van der Waals surface area (Å²) in [6.07, 6.45) is 4.87. The summed E-state index contributed by atoms with van der Waals surface area (Å²) in [5.41, 5.74) is 3.57. The van der Waals surface area contributed by atoms with Gasteiger partial charge in [-0.15, -0.1) is 0 Å². The predicted octanol–water partition coefficient (Wildman–Crippen LogP) is 3.20. The van der Waals surface area contributed by atoms with Crippen LogP contribution in [0.25, 0.3) is 11.3 Å². The lowest BCUT2D eigenvalue weighted by Gasteiger charge is -2.13. The van der Waals surface area contributed by atoms with E-state index in [0.29, 0.717) is 12.5 Å². The van der Waals surface area contributed by atoms with E-state index < -0.39 is 0 Å². The molecule has 1 atom stereocenters. The van der Waals surface area contributed by atoms with Crippen LogP contribution in [0.1, 0.15) is 37.8 Å². The molecule has 1 aliphatic carbocycles. The molecule has 0 bridgehead atoms. The summed E-state index contributed by atoms with van der Waals surface area (Å²) in [7, 11) is 0. The number of aromatic nitrogens is 2. The van der Waals surface area contributed by atoms with Crippen LogP contribution in [0, 0.1) is 0 Å². The van der Waals surface area contributed by atoms with Gasteiger partial charge in [-0.3, -0.25) is 0 Å². The van der Waals surface area contributed by atoms with E-state index >= 15 is 0 Å². The third-order valence-electron chi connectivity index (χ3n) is 3.77. The molecular formula is C16H20N2O. The zero-order chi connectivity index (χ0) is 13.2. The summed E-state index contributed by atoms with van der Waals surface area (Å²) in [5, 5.41) is 9.87. The van der Waals surface area contributed by atoms with Gasteiger partial charge < -0.3 is 9.67 Å². The van der Waals surface area contributed by atoms with E-state index in [9.17, 15) is 5.11 Å². The fourth-order valence-electron chi connectivity index (χ4n) is 2.50. The highest BCUT2D eigenvalue weighted by molar-refractivity contribution is 5.63. The van der Waals surface area contributed by atoms with Crippen molar-refractivity contribution in [3.8, 4) is 11.3 Å². The minimum atomic E-state index is -0.282. The van der Waals surface area contributed by atoms with Gasteiger partial charge in [0.15, 0.2) is 0 Å². The summed E-state index contributed by atoms with van der Waals surface area (Å²) in [4.78, 5) is 4.59. The van der Waals surface area contributed by atoms with Crippen LogP contribution < -0.4 is 0 Å². The molecule has 0 radical (unpaired) electrons. The molecule has 0 aliphatic heterocycles. The Morgan fingerprint density at radius 1 is 1.32 bits per heavy atom. The number of aliphatic hydroxyl groups excluding tert-OH is 1. The Morgan fingerprint density at radius 3 is 2.68 bits per heavy atom. The van der Waals surface area contributed by atoms with Gasteiger partial charge in [0.05, 0.1) is 18.1 Å². The zero-order valence-corrected chi connectivity index (χ0v) is 11.3. The minimum absolute atomic E-state index is 0.282. The van der Waals surface area contributed by atoms with Crippen molar-refractivity contribution in [1.29, 1.82) is 0 Å². The van der Waals surface area contributed by atoms with Crippen molar-refractivity contribution < 1.29 is 5.11 Å². The largest absolute Gasteiger partial charge is 0.391 e. The lowest BCUT2D eigenvalue weighted by molar-refractivity contribution is 0.149. The smallest absolute Gasteiger partial charge is 0.0957 e. The van der Waals surface area contributed by atoms with Crippen LogP contribution in [-0.2, 0) is 6.54 Å². The number of hydrogen-bond donors (Lipinski definition) is 1. The Hall–Kier alpha value is -1.61. The number of hydrogen-bond acceptors (Lipinski definition) is 2. The van der Waals surface area contributed by atoms with Gasteiger partial charge in [-0.05, 0) is 19.3 Å². The van der Waals surface area contributed by atoms with E-state index in [1.54, 1.807) is 0 Å². The fourth-order valence-corrected chi connectivity index (χ4v) is 2.50. The average molecular weight is 256 g/mol. The first kappa shape index (κ1) is 12.4. The molecule has 100 valence electrons. The minimum Gasteiger partial charge on any atom is -0.391 e. The van der Waals surface area contributed by atoms with Crippen molar-refractivity contribution in [2.24, 2.45) is 0 Å². The molecule has 1 heterocycles. The topological polar surface area (TPSA) is 38.0 Å². The monoisotopic (exact) mass is 256 g/mol. The molecule has 1 saturated carbocycles. The molecule has 1 aromatic carbocycles. The molecule has 3 heteroatoms. The van der Waals surface area contributed by atoms with Crippen LogP contribution in [-0.4, -0.2) is 20.8 Å². The van der Waals surface area contributed by atoms with Gasteiger partial charge in [0.2, 0.25) is 0 Å². The van der Waals surface area contributed by atoms with Crippen LogP contribution in [0.2, 0.25) is 0 Å². The van der Waals surface area contributed by atoms with Crippen LogP contribution in [0.4, 0.5) is 0 Å². The normalized spacial score (nSPS) is 16.5. The maximum absolute atomic E-state index is 9.87. The van der Waals surface area contributed by atoms with E-state index in [1.807, 2.05) is 31.5 Å². The molecule has 19 heavy (non-hydrogen) atoms. The first-order valence-electron chi connectivity index (χ1n) is 7.08. The number of benzene rings is 1. The molecular weight excluding hydrogens is 236 g/mol. The Kier molecular flexibility index (Phi) is 3.38. The standard InChI is InChI=1S/C16H20N2O/c1-2-14(19)10-18-11-17-15(16(18)13-8-9-13)12-6-4-3-5-7-12/h3-7,11,13-14,19H,2,8-10H2,1H3. The fraction of sp³-hybridized carbons (Fsp3) is 0.438. The van der Waals surface area contributed by atoms with E-state index in [0.717, 1.165) is 12.1 Å². The summed E-state index contributed by atoms with van der Waals surface area (Å²) >= 11 is 0. The SMILES string of the molecule is CCC(O)Cn1cnc(-c2ccccc2)c1C1CC1. The summed E-state index contributed by atoms with van der Waals surface area (Å²) < 4.78 is 2.15. The van der Waals surface area contributed by atoms with Gasteiger partial charge in [-0.1, -0.05) is 37.3 Å². The van der Waals surface area contributed by atoms with Gasteiger partial charge in [-0.2, -0.15) is 0 Å². The zero-order valence-electron chi connectivity index (χ0n) is 11.3. The Bertz CT molecular complexity index is 543. The second kappa shape index (κ2) is 5.17. The molecule has 1 unspecified atom stereocenters. The van der Waals surface area contributed by atoms with Crippen molar-refractivity contribution in [2.75, 3.05) is 0 Å². The molecule has 1 aliphatic rings. The van der Waals surface area contributed by atoms with Gasteiger partial charge >= 0.3 is 0 Å². The summed E-state index contributed by atoms with van der Waals surface area (Å²) in [6.45, 7) is 2.67. The second-order valence-corrected chi connectivity index (χ2v) is 5.33. The molecule has 0 amide bonds. The molecule has 0 saturated heterocycles.